The van der Waals surface area contributed by atoms with Crippen molar-refractivity contribution >= 4 is 39.1 Å². The molecule has 0 saturated carbocycles. The van der Waals surface area contributed by atoms with Crippen molar-refractivity contribution in [1.29, 1.82) is 0 Å². The standard InChI is InChI=1S/C24H26N2O3S2/c1-17(2)19-6-8-20(9-7-19)25-24(27)16-30-22-12-10-21(11-13-22)26-31(28,29)23-14-4-18(3)5-15-23/h4-15,17,26H,16H2,1-3H3,(H,25,27). The molecule has 0 aromatic heterocycles. The van der Waals surface area contributed by atoms with Crippen LogP contribution in [0.25, 0.3) is 0 Å². The molecular weight excluding hydrogens is 428 g/mol. The van der Waals surface area contributed by atoms with Crippen LogP contribution in [-0.2, 0) is 14.8 Å². The molecule has 1 amide bonds. The van der Waals surface area contributed by atoms with Crippen molar-refractivity contribution in [2.45, 2.75) is 36.5 Å². The van der Waals surface area contributed by atoms with Gasteiger partial charge in [-0.25, -0.2) is 8.42 Å². The Hall–Kier alpha value is -2.77. The number of anilines is 2. The highest BCUT2D eigenvalue weighted by Gasteiger charge is 2.14. The maximum absolute atomic E-state index is 12.5. The molecule has 162 valence electrons. The SMILES string of the molecule is Cc1ccc(S(=O)(=O)Nc2ccc(SCC(=O)Nc3ccc(C(C)C)cc3)cc2)cc1. The van der Waals surface area contributed by atoms with Gasteiger partial charge in [-0.3, -0.25) is 9.52 Å². The maximum atomic E-state index is 12.5. The van der Waals surface area contributed by atoms with Crippen molar-refractivity contribution in [3.63, 3.8) is 0 Å². The molecule has 31 heavy (non-hydrogen) atoms. The monoisotopic (exact) mass is 454 g/mol. The van der Waals surface area contributed by atoms with Gasteiger partial charge < -0.3 is 5.32 Å². The zero-order chi connectivity index (χ0) is 22.4. The normalized spacial score (nSPS) is 11.4. The zero-order valence-electron chi connectivity index (χ0n) is 17.8. The Labute approximate surface area is 188 Å². The number of amides is 1. The van der Waals surface area contributed by atoms with Gasteiger partial charge in [-0.2, -0.15) is 0 Å². The minimum absolute atomic E-state index is 0.0913. The predicted octanol–water partition coefficient (Wildman–Crippen LogP) is 5.65. The quantitative estimate of drug-likeness (QED) is 0.431. The van der Waals surface area contributed by atoms with Crippen molar-refractivity contribution in [1.82, 2.24) is 0 Å². The van der Waals surface area contributed by atoms with E-state index in [2.05, 4.69) is 23.9 Å². The lowest BCUT2D eigenvalue weighted by Crippen LogP contribution is -2.14. The lowest BCUT2D eigenvalue weighted by atomic mass is 10.0. The van der Waals surface area contributed by atoms with Crippen molar-refractivity contribution in [3.05, 3.63) is 83.9 Å². The summed E-state index contributed by atoms with van der Waals surface area (Å²) in [7, 11) is -3.63. The maximum Gasteiger partial charge on any atom is 0.261 e. The van der Waals surface area contributed by atoms with Crippen LogP contribution in [0.5, 0.6) is 0 Å². The van der Waals surface area contributed by atoms with E-state index in [0.29, 0.717) is 11.6 Å². The van der Waals surface area contributed by atoms with Crippen LogP contribution in [0.1, 0.15) is 30.9 Å². The minimum atomic E-state index is -3.63. The van der Waals surface area contributed by atoms with Gasteiger partial charge >= 0.3 is 0 Å². The average molecular weight is 455 g/mol. The third-order valence-corrected chi connectivity index (χ3v) is 7.08. The second kappa shape index (κ2) is 10.0. The highest BCUT2D eigenvalue weighted by molar-refractivity contribution is 8.00. The molecule has 7 heteroatoms. The molecular formula is C24H26N2O3S2. The number of thioether (sulfide) groups is 1. The van der Waals surface area contributed by atoms with Crippen LogP contribution >= 0.6 is 11.8 Å². The summed E-state index contributed by atoms with van der Waals surface area (Å²) < 4.78 is 27.5. The Morgan fingerprint density at radius 3 is 2.03 bits per heavy atom. The van der Waals surface area contributed by atoms with Crippen LogP contribution in [0.3, 0.4) is 0 Å². The van der Waals surface area contributed by atoms with Gasteiger partial charge in [0.15, 0.2) is 0 Å². The summed E-state index contributed by atoms with van der Waals surface area (Å²) in [5.41, 5.74) is 3.47. The van der Waals surface area contributed by atoms with Gasteiger partial charge in [0.05, 0.1) is 10.6 Å². The second-order valence-electron chi connectivity index (χ2n) is 7.56. The van der Waals surface area contributed by atoms with Crippen molar-refractivity contribution in [2.75, 3.05) is 15.8 Å². The largest absolute Gasteiger partial charge is 0.325 e. The molecule has 3 aromatic carbocycles. The van der Waals surface area contributed by atoms with E-state index in [1.165, 1.54) is 17.3 Å². The molecule has 0 aliphatic heterocycles. The van der Waals surface area contributed by atoms with E-state index in [1.54, 1.807) is 48.5 Å². The van der Waals surface area contributed by atoms with Gasteiger partial charge in [0, 0.05) is 16.3 Å². The van der Waals surface area contributed by atoms with Gasteiger partial charge in [0.1, 0.15) is 0 Å². The van der Waals surface area contributed by atoms with E-state index in [1.807, 2.05) is 31.2 Å². The summed E-state index contributed by atoms with van der Waals surface area (Å²) in [6.07, 6.45) is 0. The Morgan fingerprint density at radius 2 is 1.45 bits per heavy atom. The summed E-state index contributed by atoms with van der Waals surface area (Å²) in [5.74, 6) is 0.622. The number of hydrogen-bond donors (Lipinski definition) is 2. The number of sulfonamides is 1. The molecule has 2 N–H and O–H groups in total. The fourth-order valence-electron chi connectivity index (χ4n) is 2.85. The van der Waals surface area contributed by atoms with Crippen LogP contribution in [0.4, 0.5) is 11.4 Å². The highest BCUT2D eigenvalue weighted by Crippen LogP contribution is 2.23. The second-order valence-corrected chi connectivity index (χ2v) is 10.3. The third-order valence-electron chi connectivity index (χ3n) is 4.67. The molecule has 0 bridgehead atoms. The predicted molar refractivity (Wildman–Crippen MR) is 128 cm³/mol. The molecule has 0 heterocycles. The van der Waals surface area contributed by atoms with Gasteiger partial charge in [-0.15, -0.1) is 11.8 Å². The van der Waals surface area contributed by atoms with Crippen molar-refractivity contribution < 1.29 is 13.2 Å². The number of aryl methyl sites for hydroxylation is 1. The molecule has 0 radical (unpaired) electrons. The molecule has 0 saturated heterocycles. The number of hydrogen-bond acceptors (Lipinski definition) is 4. The first-order valence-corrected chi connectivity index (χ1v) is 12.4. The smallest absolute Gasteiger partial charge is 0.261 e. The first-order chi connectivity index (χ1) is 14.7. The Bertz CT molecular complexity index is 1120. The Kier molecular flexibility index (Phi) is 7.41. The molecule has 3 aromatic rings. The van der Waals surface area contributed by atoms with Gasteiger partial charge in [-0.1, -0.05) is 43.7 Å². The molecule has 0 atom stereocenters. The van der Waals surface area contributed by atoms with Gasteiger partial charge in [0.2, 0.25) is 5.91 Å². The molecule has 3 rings (SSSR count). The number of nitrogens with one attached hydrogen (secondary N) is 2. The van der Waals surface area contributed by atoms with Crippen LogP contribution in [0, 0.1) is 6.92 Å². The van der Waals surface area contributed by atoms with E-state index >= 15 is 0 Å². The fraction of sp³-hybridized carbons (Fsp3) is 0.208. The van der Waals surface area contributed by atoms with Gasteiger partial charge in [0.25, 0.3) is 10.0 Å². The summed E-state index contributed by atoms with van der Waals surface area (Å²) in [6, 6.07) is 21.5. The van der Waals surface area contributed by atoms with Crippen LogP contribution in [-0.4, -0.2) is 20.1 Å². The number of benzene rings is 3. The summed E-state index contributed by atoms with van der Waals surface area (Å²) in [6.45, 7) is 6.16. The molecule has 0 aliphatic rings. The van der Waals surface area contributed by atoms with Crippen molar-refractivity contribution in [3.8, 4) is 0 Å². The lowest BCUT2D eigenvalue weighted by Gasteiger charge is -2.10. The lowest BCUT2D eigenvalue weighted by molar-refractivity contribution is -0.113. The van der Waals surface area contributed by atoms with E-state index in [-0.39, 0.29) is 16.6 Å². The molecule has 0 spiro atoms. The number of carbonyl (C=O) groups is 1. The number of rotatable bonds is 8. The fourth-order valence-corrected chi connectivity index (χ4v) is 4.61. The topological polar surface area (TPSA) is 75.3 Å². The molecule has 0 aliphatic carbocycles. The van der Waals surface area contributed by atoms with Crippen LogP contribution in [0.15, 0.2) is 82.6 Å². The molecule has 0 fully saturated rings. The van der Waals surface area contributed by atoms with Crippen molar-refractivity contribution in [2.24, 2.45) is 0 Å². The zero-order valence-corrected chi connectivity index (χ0v) is 19.4. The first kappa shape index (κ1) is 22.9. The third kappa shape index (κ3) is 6.60. The summed E-state index contributed by atoms with van der Waals surface area (Å²) in [5, 5.41) is 2.89. The van der Waals surface area contributed by atoms with E-state index in [4.69, 9.17) is 0 Å². The van der Waals surface area contributed by atoms with Gasteiger partial charge in [-0.05, 0) is 66.9 Å². The Balaban J connectivity index is 1.53. The highest BCUT2D eigenvalue weighted by atomic mass is 32.2. The number of carbonyl (C=O) groups excluding carboxylic acids is 1. The molecule has 5 nitrogen and oxygen atoms in total. The van der Waals surface area contributed by atoms with E-state index in [0.717, 1.165) is 16.1 Å². The van der Waals surface area contributed by atoms with Crippen LogP contribution in [0.2, 0.25) is 0 Å². The van der Waals surface area contributed by atoms with E-state index < -0.39 is 10.0 Å². The average Bonchev–Trinajstić information content (AvgIpc) is 2.74. The first-order valence-electron chi connectivity index (χ1n) is 9.95. The minimum Gasteiger partial charge on any atom is -0.325 e. The Morgan fingerprint density at radius 1 is 0.871 bits per heavy atom. The molecule has 0 unspecified atom stereocenters. The van der Waals surface area contributed by atoms with E-state index in [9.17, 15) is 13.2 Å². The summed E-state index contributed by atoms with van der Waals surface area (Å²) >= 11 is 1.39. The summed E-state index contributed by atoms with van der Waals surface area (Å²) in [4.78, 5) is 13.3. The van der Waals surface area contributed by atoms with Crippen LogP contribution < -0.4 is 10.0 Å².